The lowest BCUT2D eigenvalue weighted by Gasteiger charge is -2.28. The number of hydrogen-bond acceptors (Lipinski definition) is 6. The van der Waals surface area contributed by atoms with Gasteiger partial charge in [0.2, 0.25) is 6.10 Å². The Morgan fingerprint density at radius 3 is 2.43 bits per heavy atom. The maximum absolute atomic E-state index is 12.8. The van der Waals surface area contributed by atoms with Crippen LogP contribution >= 0.6 is 12.2 Å². The first-order chi connectivity index (χ1) is 14.2. The number of thiocarbonyl (C=S) groups is 1. The molecule has 7 nitrogen and oxygen atoms in total. The number of hydrogen-bond donors (Lipinski definition) is 2. The number of nitrogens with two attached hydrogens (primary N) is 1. The highest BCUT2D eigenvalue weighted by Crippen LogP contribution is 2.26. The first kappa shape index (κ1) is 21.3. The quantitative estimate of drug-likeness (QED) is 0.473. The van der Waals surface area contributed by atoms with Crippen molar-refractivity contribution in [2.24, 2.45) is 11.1 Å². The summed E-state index contributed by atoms with van der Waals surface area (Å²) in [5, 5.41) is 1.19. The van der Waals surface area contributed by atoms with Crippen molar-refractivity contribution in [1.29, 1.82) is 0 Å². The molecule has 1 unspecified atom stereocenters. The van der Waals surface area contributed by atoms with E-state index in [1.807, 2.05) is 26.8 Å². The predicted octanol–water partition coefficient (Wildman–Crippen LogP) is 3.75. The van der Waals surface area contributed by atoms with E-state index >= 15 is 0 Å². The fourth-order valence-corrected chi connectivity index (χ4v) is 3.08. The predicted molar refractivity (Wildman–Crippen MR) is 116 cm³/mol. The molecule has 0 radical (unpaired) electrons. The molecule has 0 bridgehead atoms. The number of ether oxygens (including phenoxy) is 1. The van der Waals surface area contributed by atoms with Crippen LogP contribution in [0, 0.1) is 5.41 Å². The summed E-state index contributed by atoms with van der Waals surface area (Å²) in [6.07, 6.45) is 1.94. The van der Waals surface area contributed by atoms with Crippen molar-refractivity contribution in [3.05, 3.63) is 66.1 Å². The minimum Gasteiger partial charge on any atom is -0.478 e. The van der Waals surface area contributed by atoms with Crippen LogP contribution in [0.2, 0.25) is 0 Å². The topological polar surface area (TPSA) is 104 Å². The van der Waals surface area contributed by atoms with E-state index in [0.717, 1.165) is 0 Å². The second-order valence-electron chi connectivity index (χ2n) is 7.76. The van der Waals surface area contributed by atoms with E-state index in [9.17, 15) is 9.59 Å². The number of para-hydroxylation sites is 1. The lowest BCUT2D eigenvalue weighted by atomic mass is 9.89. The van der Waals surface area contributed by atoms with Crippen LogP contribution in [0.3, 0.4) is 0 Å². The summed E-state index contributed by atoms with van der Waals surface area (Å²) in [4.78, 5) is 30.7. The summed E-state index contributed by atoms with van der Waals surface area (Å²) in [5.74, 6) is -0.902. The van der Waals surface area contributed by atoms with Crippen molar-refractivity contribution in [3.63, 3.8) is 0 Å². The van der Waals surface area contributed by atoms with Crippen molar-refractivity contribution in [2.75, 3.05) is 0 Å². The smallest absolute Gasteiger partial charge is 0.372 e. The fourth-order valence-electron chi connectivity index (χ4n) is 2.91. The summed E-state index contributed by atoms with van der Waals surface area (Å²) in [6, 6.07) is 12.3. The molecule has 1 atom stereocenters. The molecule has 0 spiro atoms. The second kappa shape index (κ2) is 8.54. The van der Waals surface area contributed by atoms with E-state index in [-0.39, 0.29) is 10.6 Å². The molecule has 3 rings (SSSR count). The zero-order valence-corrected chi connectivity index (χ0v) is 17.6. The van der Waals surface area contributed by atoms with Gasteiger partial charge in [0.25, 0.3) is 5.91 Å². The van der Waals surface area contributed by atoms with Crippen molar-refractivity contribution in [2.45, 2.75) is 26.9 Å². The Hall–Kier alpha value is -3.39. The molecule has 1 heterocycles. The van der Waals surface area contributed by atoms with Gasteiger partial charge in [0.15, 0.2) is 0 Å². The van der Waals surface area contributed by atoms with Gasteiger partial charge < -0.3 is 19.7 Å². The summed E-state index contributed by atoms with van der Waals surface area (Å²) in [7, 11) is 0. The number of rotatable bonds is 5. The maximum Gasteiger partial charge on any atom is 0.372 e. The van der Waals surface area contributed by atoms with E-state index in [1.165, 1.54) is 12.5 Å². The third-order valence-corrected chi connectivity index (χ3v) is 4.61. The second-order valence-corrected chi connectivity index (χ2v) is 8.20. The van der Waals surface area contributed by atoms with Crippen molar-refractivity contribution < 1.29 is 23.6 Å². The molecular formula is C22H22N2O5S. The summed E-state index contributed by atoms with van der Waals surface area (Å²) >= 11 is 5.04. The number of nitrogens with one attached hydrogen (secondary N) is 1. The van der Waals surface area contributed by atoms with Gasteiger partial charge in [-0.3, -0.25) is 4.79 Å². The summed E-state index contributed by atoms with van der Waals surface area (Å²) < 4.78 is 11.0. The molecule has 0 aliphatic heterocycles. The molecule has 156 valence electrons. The largest absolute Gasteiger partial charge is 0.478 e. The van der Waals surface area contributed by atoms with Crippen LogP contribution in [0.15, 0.2) is 59.4 Å². The Morgan fingerprint density at radius 2 is 1.80 bits per heavy atom. The third kappa shape index (κ3) is 4.60. The highest BCUT2D eigenvalue weighted by molar-refractivity contribution is 7.80. The molecule has 0 fully saturated rings. The Kier molecular flexibility index (Phi) is 6.07. The van der Waals surface area contributed by atoms with E-state index in [0.29, 0.717) is 22.1 Å². The number of carbonyl (C=O) groups is 2. The highest BCUT2D eigenvalue weighted by Gasteiger charge is 2.36. The number of amides is 1. The SMILES string of the molecule is CC(C)(C)C(Oc1ccccc1)C(=O)ONC(=O)c1c(C(N)=S)ccc2cocc12. The monoisotopic (exact) mass is 426 g/mol. The van der Waals surface area contributed by atoms with Gasteiger partial charge in [-0.15, -0.1) is 0 Å². The van der Waals surface area contributed by atoms with Gasteiger partial charge in [0.05, 0.1) is 18.1 Å². The molecule has 3 N–H and O–H groups in total. The first-order valence-electron chi connectivity index (χ1n) is 9.20. The third-order valence-electron chi connectivity index (χ3n) is 4.39. The minimum atomic E-state index is -0.958. The van der Waals surface area contributed by atoms with E-state index in [4.69, 9.17) is 31.9 Å². The molecule has 30 heavy (non-hydrogen) atoms. The number of benzene rings is 2. The Labute approximate surface area is 179 Å². The highest BCUT2D eigenvalue weighted by atomic mass is 32.1. The van der Waals surface area contributed by atoms with Crippen LogP contribution < -0.4 is 16.0 Å². The van der Waals surface area contributed by atoms with Crippen molar-refractivity contribution in [3.8, 4) is 5.75 Å². The van der Waals surface area contributed by atoms with Crippen LogP contribution in [-0.4, -0.2) is 23.0 Å². The molecule has 0 aliphatic rings. The van der Waals surface area contributed by atoms with E-state index < -0.39 is 23.4 Å². The number of carbonyl (C=O) groups excluding carboxylic acids is 2. The number of fused-ring (bicyclic) bond motifs is 1. The molecule has 0 saturated heterocycles. The van der Waals surface area contributed by atoms with Crippen LogP contribution in [0.1, 0.15) is 36.7 Å². The minimum absolute atomic E-state index is 0.0366. The Morgan fingerprint density at radius 1 is 1.10 bits per heavy atom. The molecular weight excluding hydrogens is 404 g/mol. The average Bonchev–Trinajstić information content (AvgIpc) is 3.17. The van der Waals surface area contributed by atoms with Gasteiger partial charge in [-0.2, -0.15) is 5.48 Å². The van der Waals surface area contributed by atoms with Crippen LogP contribution in [0.25, 0.3) is 10.8 Å². The maximum atomic E-state index is 12.8. The van der Waals surface area contributed by atoms with Crippen LogP contribution in [0.5, 0.6) is 5.75 Å². The molecule has 1 amide bonds. The summed E-state index contributed by atoms with van der Waals surface area (Å²) in [5.41, 5.74) is 7.86. The summed E-state index contributed by atoms with van der Waals surface area (Å²) in [6.45, 7) is 5.50. The fraction of sp³-hybridized carbons (Fsp3) is 0.227. The van der Waals surface area contributed by atoms with Gasteiger partial charge in [-0.25, -0.2) is 4.79 Å². The molecule has 2 aromatic carbocycles. The van der Waals surface area contributed by atoms with Gasteiger partial charge >= 0.3 is 5.97 Å². The lowest BCUT2D eigenvalue weighted by Crippen LogP contribution is -2.44. The average molecular weight is 426 g/mol. The number of hydroxylamine groups is 1. The lowest BCUT2D eigenvalue weighted by molar-refractivity contribution is -0.162. The Balaban J connectivity index is 1.80. The molecule has 3 aromatic rings. The van der Waals surface area contributed by atoms with Gasteiger partial charge in [-0.05, 0) is 12.1 Å². The normalized spacial score (nSPS) is 12.2. The number of furan rings is 1. The van der Waals surface area contributed by atoms with Gasteiger partial charge in [0.1, 0.15) is 10.7 Å². The van der Waals surface area contributed by atoms with Crippen molar-refractivity contribution in [1.82, 2.24) is 5.48 Å². The zero-order chi connectivity index (χ0) is 21.9. The van der Waals surface area contributed by atoms with Crippen LogP contribution in [-0.2, 0) is 9.63 Å². The molecule has 0 aliphatic carbocycles. The van der Waals surface area contributed by atoms with Gasteiger partial charge in [0, 0.05) is 21.8 Å². The van der Waals surface area contributed by atoms with Crippen molar-refractivity contribution >= 4 is 39.9 Å². The van der Waals surface area contributed by atoms with E-state index in [1.54, 1.807) is 36.4 Å². The molecule has 8 heteroatoms. The molecule has 0 saturated carbocycles. The Bertz CT molecular complexity index is 1090. The van der Waals surface area contributed by atoms with Crippen LogP contribution in [0.4, 0.5) is 0 Å². The zero-order valence-electron chi connectivity index (χ0n) is 16.8. The standard InChI is InChI=1S/C22H22N2O5S/c1-22(2,3)18(28-14-7-5-4-6-8-14)21(26)29-24-20(25)17-15(19(23)30)10-9-13-11-27-12-16(13)17/h4-12,18H,1-3H3,(H2,23,30)(H,24,25). The molecule has 1 aromatic heterocycles. The van der Waals surface area contributed by atoms with E-state index in [2.05, 4.69) is 5.48 Å². The first-order valence-corrected chi connectivity index (χ1v) is 9.60. The van der Waals surface area contributed by atoms with Gasteiger partial charge in [-0.1, -0.05) is 63.3 Å².